The third-order valence-electron chi connectivity index (χ3n) is 3.51. The van der Waals surface area contributed by atoms with Crippen LogP contribution in [-0.2, 0) is 9.53 Å². The number of ketones is 1. The lowest BCUT2D eigenvalue weighted by Crippen LogP contribution is -2.42. The Morgan fingerprint density at radius 3 is 1.93 bits per heavy atom. The molecule has 1 aliphatic rings. The molecule has 0 aliphatic carbocycles. The SMILES string of the molecule is CC(C)(C)C(=O)C(C)(C)C1CCOCC1. The molecule has 0 aromatic heterocycles. The number of ether oxygens (including phenoxy) is 1. The highest BCUT2D eigenvalue weighted by Crippen LogP contribution is 2.40. The van der Waals surface area contributed by atoms with E-state index in [0.29, 0.717) is 11.7 Å². The molecule has 1 aliphatic heterocycles. The number of carbonyl (C=O) groups is 1. The van der Waals surface area contributed by atoms with Gasteiger partial charge in [0.25, 0.3) is 0 Å². The van der Waals surface area contributed by atoms with Gasteiger partial charge in [-0.25, -0.2) is 0 Å². The standard InChI is InChI=1S/C13H24O2/c1-12(2,3)11(14)13(4,5)10-6-8-15-9-7-10/h10H,6-9H2,1-5H3. The first-order valence-corrected chi connectivity index (χ1v) is 5.89. The van der Waals surface area contributed by atoms with Crippen LogP contribution in [0.2, 0.25) is 0 Å². The Morgan fingerprint density at radius 2 is 1.53 bits per heavy atom. The largest absolute Gasteiger partial charge is 0.381 e. The zero-order valence-corrected chi connectivity index (χ0v) is 10.7. The third-order valence-corrected chi connectivity index (χ3v) is 3.51. The minimum absolute atomic E-state index is 0.206. The number of rotatable bonds is 2. The molecule has 1 rings (SSSR count). The lowest BCUT2D eigenvalue weighted by atomic mass is 9.65. The summed E-state index contributed by atoms with van der Waals surface area (Å²) in [6.07, 6.45) is 2.05. The fraction of sp³-hybridized carbons (Fsp3) is 0.923. The molecule has 0 radical (unpaired) electrons. The van der Waals surface area contributed by atoms with Crippen LogP contribution in [0.1, 0.15) is 47.5 Å². The molecule has 0 aromatic carbocycles. The molecular weight excluding hydrogens is 188 g/mol. The lowest BCUT2D eigenvalue weighted by Gasteiger charge is -2.39. The van der Waals surface area contributed by atoms with Crippen LogP contribution in [0, 0.1) is 16.7 Å². The number of carbonyl (C=O) groups excluding carboxylic acids is 1. The highest BCUT2D eigenvalue weighted by Gasteiger charge is 2.42. The van der Waals surface area contributed by atoms with Crippen molar-refractivity contribution in [2.45, 2.75) is 47.5 Å². The first kappa shape index (κ1) is 12.7. The predicted octanol–water partition coefficient (Wildman–Crippen LogP) is 3.05. The van der Waals surface area contributed by atoms with Crippen molar-refractivity contribution in [2.24, 2.45) is 16.7 Å². The maximum Gasteiger partial charge on any atom is 0.144 e. The second-order valence-electron chi connectivity index (χ2n) is 6.19. The van der Waals surface area contributed by atoms with E-state index in [4.69, 9.17) is 4.74 Å². The van der Waals surface area contributed by atoms with Crippen molar-refractivity contribution >= 4 is 5.78 Å². The van der Waals surface area contributed by atoms with Crippen LogP contribution in [0.5, 0.6) is 0 Å². The van der Waals surface area contributed by atoms with Crippen LogP contribution in [0.15, 0.2) is 0 Å². The summed E-state index contributed by atoms with van der Waals surface area (Å²) < 4.78 is 5.35. The van der Waals surface area contributed by atoms with Gasteiger partial charge in [-0.1, -0.05) is 34.6 Å². The zero-order chi connectivity index (χ0) is 11.7. The Morgan fingerprint density at radius 1 is 1.07 bits per heavy atom. The summed E-state index contributed by atoms with van der Waals surface area (Å²) in [7, 11) is 0. The van der Waals surface area contributed by atoms with Gasteiger partial charge in [0.1, 0.15) is 5.78 Å². The van der Waals surface area contributed by atoms with E-state index in [1.807, 2.05) is 20.8 Å². The van der Waals surface area contributed by atoms with Gasteiger partial charge >= 0.3 is 0 Å². The maximum atomic E-state index is 12.3. The Kier molecular flexibility index (Phi) is 3.59. The third kappa shape index (κ3) is 2.81. The van der Waals surface area contributed by atoms with Crippen molar-refractivity contribution in [3.05, 3.63) is 0 Å². The van der Waals surface area contributed by atoms with Gasteiger partial charge in [0.05, 0.1) is 0 Å². The molecule has 0 unspecified atom stereocenters. The Hall–Kier alpha value is -0.370. The quantitative estimate of drug-likeness (QED) is 0.703. The Balaban J connectivity index is 2.76. The van der Waals surface area contributed by atoms with Gasteiger partial charge in [-0.2, -0.15) is 0 Å². The van der Waals surface area contributed by atoms with Crippen LogP contribution < -0.4 is 0 Å². The minimum Gasteiger partial charge on any atom is -0.381 e. The lowest BCUT2D eigenvalue weighted by molar-refractivity contribution is -0.140. The molecule has 2 nitrogen and oxygen atoms in total. The summed E-state index contributed by atoms with van der Waals surface area (Å²) in [4.78, 5) is 12.3. The van der Waals surface area contributed by atoms with Crippen molar-refractivity contribution in [2.75, 3.05) is 13.2 Å². The molecule has 2 heteroatoms. The zero-order valence-electron chi connectivity index (χ0n) is 10.7. The number of Topliss-reactive ketones (excluding diaryl/α,β-unsaturated/α-hetero) is 1. The van der Waals surface area contributed by atoms with Gasteiger partial charge in [0.2, 0.25) is 0 Å². The smallest absolute Gasteiger partial charge is 0.144 e. The van der Waals surface area contributed by atoms with Gasteiger partial charge in [-0.15, -0.1) is 0 Å². The van der Waals surface area contributed by atoms with Crippen LogP contribution >= 0.6 is 0 Å². The average molecular weight is 212 g/mol. The number of hydrogen-bond donors (Lipinski definition) is 0. The maximum absolute atomic E-state index is 12.3. The van der Waals surface area contributed by atoms with Gasteiger partial charge < -0.3 is 4.74 Å². The molecule has 1 saturated heterocycles. The summed E-state index contributed by atoms with van der Waals surface area (Å²) in [6, 6.07) is 0. The van der Waals surface area contributed by atoms with E-state index in [2.05, 4.69) is 13.8 Å². The molecule has 0 spiro atoms. The second-order valence-corrected chi connectivity index (χ2v) is 6.19. The van der Waals surface area contributed by atoms with Crippen molar-refractivity contribution in [3.63, 3.8) is 0 Å². The van der Waals surface area contributed by atoms with Gasteiger partial charge in [0.15, 0.2) is 0 Å². The molecule has 0 N–H and O–H groups in total. The summed E-state index contributed by atoms with van der Waals surface area (Å²) in [6.45, 7) is 11.8. The normalized spacial score (nSPS) is 20.3. The first-order chi connectivity index (χ1) is 6.76. The highest BCUT2D eigenvalue weighted by molar-refractivity contribution is 5.89. The van der Waals surface area contributed by atoms with Crippen LogP contribution in [0.4, 0.5) is 0 Å². The van der Waals surface area contributed by atoms with Crippen molar-refractivity contribution < 1.29 is 9.53 Å². The molecule has 15 heavy (non-hydrogen) atoms. The Labute approximate surface area is 93.4 Å². The molecule has 1 heterocycles. The van der Waals surface area contributed by atoms with E-state index in [1.165, 1.54) is 0 Å². The van der Waals surface area contributed by atoms with Gasteiger partial charge in [-0.3, -0.25) is 4.79 Å². The average Bonchev–Trinajstić information content (AvgIpc) is 2.16. The molecule has 88 valence electrons. The second kappa shape index (κ2) is 4.25. The monoisotopic (exact) mass is 212 g/mol. The summed E-state index contributed by atoms with van der Waals surface area (Å²) in [5, 5.41) is 0. The van der Waals surface area contributed by atoms with Gasteiger partial charge in [0, 0.05) is 24.0 Å². The summed E-state index contributed by atoms with van der Waals surface area (Å²) in [5.74, 6) is 0.861. The van der Waals surface area contributed by atoms with E-state index in [1.54, 1.807) is 0 Å². The van der Waals surface area contributed by atoms with Crippen molar-refractivity contribution in [1.29, 1.82) is 0 Å². The molecule has 0 bridgehead atoms. The molecular formula is C13H24O2. The van der Waals surface area contributed by atoms with E-state index >= 15 is 0 Å². The van der Waals surface area contributed by atoms with Crippen LogP contribution in [0.3, 0.4) is 0 Å². The molecule has 0 saturated carbocycles. The van der Waals surface area contributed by atoms with Crippen LogP contribution in [0.25, 0.3) is 0 Å². The molecule has 0 atom stereocenters. The molecule has 1 fully saturated rings. The van der Waals surface area contributed by atoms with Crippen LogP contribution in [-0.4, -0.2) is 19.0 Å². The molecule has 0 aromatic rings. The highest BCUT2D eigenvalue weighted by atomic mass is 16.5. The first-order valence-electron chi connectivity index (χ1n) is 5.89. The van der Waals surface area contributed by atoms with Crippen molar-refractivity contribution in [3.8, 4) is 0 Å². The molecule has 0 amide bonds. The van der Waals surface area contributed by atoms with Gasteiger partial charge in [-0.05, 0) is 18.8 Å². The van der Waals surface area contributed by atoms with E-state index in [-0.39, 0.29) is 10.8 Å². The van der Waals surface area contributed by atoms with E-state index in [0.717, 1.165) is 26.1 Å². The van der Waals surface area contributed by atoms with E-state index < -0.39 is 0 Å². The topological polar surface area (TPSA) is 26.3 Å². The van der Waals surface area contributed by atoms with Crippen molar-refractivity contribution in [1.82, 2.24) is 0 Å². The Bertz CT molecular complexity index is 229. The summed E-state index contributed by atoms with van der Waals surface area (Å²) in [5.41, 5.74) is -0.441. The summed E-state index contributed by atoms with van der Waals surface area (Å²) >= 11 is 0. The minimum atomic E-state index is -0.234. The number of hydrogen-bond acceptors (Lipinski definition) is 2. The van der Waals surface area contributed by atoms with E-state index in [9.17, 15) is 4.79 Å². The predicted molar refractivity (Wildman–Crippen MR) is 61.8 cm³/mol. The fourth-order valence-corrected chi connectivity index (χ4v) is 2.57. The fourth-order valence-electron chi connectivity index (χ4n) is 2.57.